The van der Waals surface area contributed by atoms with Crippen molar-refractivity contribution >= 4 is 44.4 Å². The number of carbonyl (C=O) groups excluding carboxylic acids is 1. The molecule has 32 heavy (non-hydrogen) atoms. The molecule has 0 spiro atoms. The first-order chi connectivity index (χ1) is 15.5. The fraction of sp³-hybridized carbons (Fsp3) is 0.375. The summed E-state index contributed by atoms with van der Waals surface area (Å²) in [4.78, 5) is 25.8. The van der Waals surface area contributed by atoms with Crippen molar-refractivity contribution in [3.05, 3.63) is 52.8 Å². The zero-order valence-electron chi connectivity index (χ0n) is 18.5. The minimum absolute atomic E-state index is 0.0817. The highest BCUT2D eigenvalue weighted by Crippen LogP contribution is 2.30. The van der Waals surface area contributed by atoms with Crippen molar-refractivity contribution < 1.29 is 9.53 Å². The van der Waals surface area contributed by atoms with E-state index in [1.807, 2.05) is 36.1 Å². The third kappa shape index (κ3) is 5.12. The number of fused-ring (bicyclic) bond motifs is 1. The summed E-state index contributed by atoms with van der Waals surface area (Å²) in [6.07, 6.45) is 3.74. The summed E-state index contributed by atoms with van der Waals surface area (Å²) in [6.45, 7) is 7.57. The highest BCUT2D eigenvalue weighted by atomic mass is 79.9. The maximum Gasteiger partial charge on any atom is 0.321 e. The third-order valence-electron chi connectivity index (χ3n) is 5.63. The van der Waals surface area contributed by atoms with Crippen LogP contribution in [0.1, 0.15) is 25.3 Å². The molecular weight excluding hydrogens is 470 g/mol. The number of aryl methyl sites for hydroxylation is 1. The molecule has 2 heterocycles. The molecule has 0 unspecified atom stereocenters. The molecule has 1 fully saturated rings. The summed E-state index contributed by atoms with van der Waals surface area (Å²) >= 11 is 3.41. The number of ether oxygens (including phenoxy) is 1. The van der Waals surface area contributed by atoms with Crippen molar-refractivity contribution in [3.8, 4) is 5.75 Å². The average Bonchev–Trinajstić information content (AvgIpc) is 2.81. The lowest BCUT2D eigenvalue weighted by Crippen LogP contribution is -2.50. The molecule has 0 aliphatic carbocycles. The first-order valence-corrected chi connectivity index (χ1v) is 11.8. The molecule has 0 bridgehead atoms. The summed E-state index contributed by atoms with van der Waals surface area (Å²) in [5.74, 6) is 1.78. The van der Waals surface area contributed by atoms with Gasteiger partial charge in [-0.1, -0.05) is 29.3 Å². The van der Waals surface area contributed by atoms with Gasteiger partial charge in [0, 0.05) is 41.7 Å². The van der Waals surface area contributed by atoms with E-state index in [9.17, 15) is 4.79 Å². The van der Waals surface area contributed by atoms with Crippen molar-refractivity contribution in [1.82, 2.24) is 14.9 Å². The monoisotopic (exact) mass is 497 g/mol. The number of hydrogen-bond acceptors (Lipinski definition) is 5. The molecule has 7 nitrogen and oxygen atoms in total. The van der Waals surface area contributed by atoms with Gasteiger partial charge in [-0.25, -0.2) is 14.8 Å². The van der Waals surface area contributed by atoms with Crippen molar-refractivity contribution in [2.24, 2.45) is 0 Å². The molecule has 1 N–H and O–H groups in total. The molecule has 1 aromatic heterocycles. The Morgan fingerprint density at radius 1 is 1.12 bits per heavy atom. The van der Waals surface area contributed by atoms with Gasteiger partial charge in [0.05, 0.1) is 12.1 Å². The molecule has 0 saturated carbocycles. The van der Waals surface area contributed by atoms with Crippen LogP contribution in [-0.4, -0.2) is 53.7 Å². The van der Waals surface area contributed by atoms with Gasteiger partial charge < -0.3 is 19.9 Å². The smallest absolute Gasteiger partial charge is 0.321 e. The van der Waals surface area contributed by atoms with E-state index in [2.05, 4.69) is 55.2 Å². The van der Waals surface area contributed by atoms with Crippen LogP contribution in [-0.2, 0) is 0 Å². The molecule has 1 aliphatic rings. The maximum atomic E-state index is 12.7. The Morgan fingerprint density at radius 2 is 1.88 bits per heavy atom. The van der Waals surface area contributed by atoms with Gasteiger partial charge in [0.25, 0.3) is 0 Å². The Balaban J connectivity index is 1.45. The van der Waals surface area contributed by atoms with Gasteiger partial charge in [-0.05, 0) is 55.3 Å². The van der Waals surface area contributed by atoms with Crippen LogP contribution in [0, 0.1) is 6.92 Å². The van der Waals surface area contributed by atoms with E-state index in [0.29, 0.717) is 32.8 Å². The van der Waals surface area contributed by atoms with E-state index in [0.717, 1.165) is 51.0 Å². The number of nitrogens with one attached hydrogen (secondary N) is 1. The molecule has 3 aromatic rings. The second-order valence-electron chi connectivity index (χ2n) is 7.95. The Labute approximate surface area is 196 Å². The number of urea groups is 1. The van der Waals surface area contributed by atoms with Crippen molar-refractivity contribution in [2.75, 3.05) is 43.0 Å². The Morgan fingerprint density at radius 3 is 2.59 bits per heavy atom. The van der Waals surface area contributed by atoms with Crippen LogP contribution in [0.2, 0.25) is 0 Å². The van der Waals surface area contributed by atoms with Crippen LogP contribution < -0.4 is 15.0 Å². The molecule has 0 atom stereocenters. The van der Waals surface area contributed by atoms with Gasteiger partial charge in [0.1, 0.15) is 17.9 Å². The number of halogens is 1. The molecule has 168 valence electrons. The standard InChI is InChI=1S/C24H28BrN5O2/c1-3-4-13-32-22-15-20-21(14-17(22)2)26-16-27-23(20)29-9-11-30(12-10-29)24(31)28-19-7-5-18(25)6-8-19/h5-8,14-16H,3-4,9-13H2,1-2H3,(H,28,31). The van der Waals surface area contributed by atoms with Gasteiger partial charge in [0.2, 0.25) is 0 Å². The first kappa shape index (κ1) is 22.3. The minimum Gasteiger partial charge on any atom is -0.493 e. The number of anilines is 2. The zero-order valence-corrected chi connectivity index (χ0v) is 20.1. The molecule has 1 aliphatic heterocycles. The SMILES string of the molecule is CCCCOc1cc2c(N3CCN(C(=O)Nc4ccc(Br)cc4)CC3)ncnc2cc1C. The van der Waals surface area contributed by atoms with E-state index >= 15 is 0 Å². The summed E-state index contributed by atoms with van der Waals surface area (Å²) < 4.78 is 6.98. The van der Waals surface area contributed by atoms with Gasteiger partial charge in [-0.3, -0.25) is 0 Å². The number of unbranched alkanes of at least 4 members (excludes halogenated alkanes) is 1. The van der Waals surface area contributed by atoms with Crippen LogP contribution in [0.25, 0.3) is 10.9 Å². The number of nitrogens with zero attached hydrogens (tertiary/aromatic N) is 4. The normalized spacial score (nSPS) is 14.0. The number of hydrogen-bond donors (Lipinski definition) is 1. The lowest BCUT2D eigenvalue weighted by atomic mass is 10.1. The number of aromatic nitrogens is 2. The van der Waals surface area contributed by atoms with E-state index in [4.69, 9.17) is 4.74 Å². The lowest BCUT2D eigenvalue weighted by Gasteiger charge is -2.35. The summed E-state index contributed by atoms with van der Waals surface area (Å²) in [7, 11) is 0. The Hall–Kier alpha value is -2.87. The van der Waals surface area contributed by atoms with Crippen molar-refractivity contribution in [3.63, 3.8) is 0 Å². The number of benzene rings is 2. The highest BCUT2D eigenvalue weighted by molar-refractivity contribution is 9.10. The van der Waals surface area contributed by atoms with Crippen LogP contribution in [0.3, 0.4) is 0 Å². The van der Waals surface area contributed by atoms with E-state index in [1.165, 1.54) is 0 Å². The number of amides is 2. The van der Waals surface area contributed by atoms with E-state index in [1.54, 1.807) is 6.33 Å². The fourth-order valence-corrected chi connectivity index (χ4v) is 4.03. The van der Waals surface area contributed by atoms with Crippen molar-refractivity contribution in [1.29, 1.82) is 0 Å². The number of carbonyl (C=O) groups is 1. The van der Waals surface area contributed by atoms with Gasteiger partial charge in [-0.2, -0.15) is 0 Å². The van der Waals surface area contributed by atoms with Gasteiger partial charge in [-0.15, -0.1) is 0 Å². The van der Waals surface area contributed by atoms with E-state index in [-0.39, 0.29) is 6.03 Å². The van der Waals surface area contributed by atoms with E-state index < -0.39 is 0 Å². The van der Waals surface area contributed by atoms with Crippen LogP contribution >= 0.6 is 15.9 Å². The highest BCUT2D eigenvalue weighted by Gasteiger charge is 2.23. The third-order valence-corrected chi connectivity index (χ3v) is 6.16. The number of piperazine rings is 1. The molecule has 2 aromatic carbocycles. The molecule has 8 heteroatoms. The maximum absolute atomic E-state index is 12.7. The average molecular weight is 498 g/mol. The number of rotatable bonds is 6. The summed E-state index contributed by atoms with van der Waals surface area (Å²) in [6, 6.07) is 11.6. The second-order valence-corrected chi connectivity index (χ2v) is 8.86. The quantitative estimate of drug-likeness (QED) is 0.471. The van der Waals surface area contributed by atoms with Gasteiger partial charge >= 0.3 is 6.03 Å². The van der Waals surface area contributed by atoms with Crippen molar-refractivity contribution in [2.45, 2.75) is 26.7 Å². The summed E-state index contributed by atoms with van der Waals surface area (Å²) in [5, 5.41) is 3.95. The second kappa shape index (κ2) is 10.2. The van der Waals surface area contributed by atoms with Gasteiger partial charge in [0.15, 0.2) is 0 Å². The predicted molar refractivity (Wildman–Crippen MR) is 132 cm³/mol. The van der Waals surface area contributed by atoms with Crippen LogP contribution in [0.15, 0.2) is 47.2 Å². The Bertz CT molecular complexity index is 1080. The Kier molecular flexibility index (Phi) is 7.09. The van der Waals surface area contributed by atoms with Crippen LogP contribution in [0.4, 0.5) is 16.3 Å². The lowest BCUT2D eigenvalue weighted by molar-refractivity contribution is 0.208. The minimum atomic E-state index is -0.0817. The predicted octanol–water partition coefficient (Wildman–Crippen LogP) is 5.23. The fourth-order valence-electron chi connectivity index (χ4n) is 3.77. The zero-order chi connectivity index (χ0) is 22.5. The topological polar surface area (TPSA) is 70.6 Å². The largest absolute Gasteiger partial charge is 0.493 e. The molecule has 4 rings (SSSR count). The summed E-state index contributed by atoms with van der Waals surface area (Å²) in [5.41, 5.74) is 2.77. The first-order valence-electron chi connectivity index (χ1n) is 11.0. The molecule has 2 amide bonds. The van der Waals surface area contributed by atoms with Crippen LogP contribution in [0.5, 0.6) is 5.75 Å². The molecule has 0 radical (unpaired) electrons. The molecular formula is C24H28BrN5O2. The molecule has 1 saturated heterocycles.